The first-order valence-electron chi connectivity index (χ1n) is 5.13. The van der Waals surface area contributed by atoms with E-state index in [9.17, 15) is 0 Å². The molecule has 0 aliphatic rings. The van der Waals surface area contributed by atoms with Crippen LogP contribution in [0.1, 0.15) is 26.3 Å². The second kappa shape index (κ2) is 3.33. The van der Waals surface area contributed by atoms with E-state index in [0.29, 0.717) is 0 Å². The van der Waals surface area contributed by atoms with Gasteiger partial charge in [0, 0.05) is 0 Å². The molecular formula is C12H15BN2. The van der Waals surface area contributed by atoms with Crippen molar-refractivity contribution in [3.63, 3.8) is 0 Å². The van der Waals surface area contributed by atoms with Gasteiger partial charge in [0.25, 0.3) is 0 Å². The second-order valence-corrected chi connectivity index (χ2v) is 4.88. The van der Waals surface area contributed by atoms with Gasteiger partial charge in [-0.3, -0.25) is 0 Å². The van der Waals surface area contributed by atoms with E-state index in [1.807, 2.05) is 6.91 Å². The Hall–Kier alpha value is -1.38. The summed E-state index contributed by atoms with van der Waals surface area (Å²) in [5.74, 6) is 0. The van der Waals surface area contributed by atoms with Crippen molar-refractivity contribution in [2.75, 3.05) is 5.73 Å². The first kappa shape index (κ1) is 10.2. The van der Waals surface area contributed by atoms with Crippen LogP contribution in [-0.2, 0) is 5.41 Å². The summed E-state index contributed by atoms with van der Waals surface area (Å²) in [7, 11) is 0. The first-order valence-corrected chi connectivity index (χ1v) is 5.13. The number of benzene rings is 1. The molecule has 15 heavy (non-hydrogen) atoms. The van der Waals surface area contributed by atoms with Crippen LogP contribution in [0, 0.1) is 0 Å². The van der Waals surface area contributed by atoms with E-state index in [0.717, 1.165) is 16.5 Å². The third-order valence-corrected chi connectivity index (χ3v) is 2.64. The zero-order chi connectivity index (χ0) is 11.1. The van der Waals surface area contributed by atoms with Crippen molar-refractivity contribution in [3.8, 4) is 0 Å². The summed E-state index contributed by atoms with van der Waals surface area (Å²) in [5, 5.41) is 1.03. The summed E-state index contributed by atoms with van der Waals surface area (Å²) in [6.07, 6.45) is 1.75. The van der Waals surface area contributed by atoms with Crippen LogP contribution in [0.3, 0.4) is 0 Å². The average molecular weight is 198 g/mol. The van der Waals surface area contributed by atoms with Gasteiger partial charge in [0.1, 0.15) is 0 Å². The maximum absolute atomic E-state index is 5.88. The van der Waals surface area contributed by atoms with Crippen LogP contribution in [-0.4, -0.2) is 11.9 Å². The molecule has 0 bridgehead atoms. The van der Waals surface area contributed by atoms with Gasteiger partial charge in [-0.1, -0.05) is 0 Å². The molecule has 3 heteroatoms. The summed E-state index contributed by atoms with van der Waals surface area (Å²) >= 11 is 0. The molecule has 76 valence electrons. The third kappa shape index (κ3) is 1.87. The van der Waals surface area contributed by atoms with Crippen molar-refractivity contribution in [3.05, 3.63) is 29.9 Å². The molecule has 2 nitrogen and oxygen atoms in total. The fraction of sp³-hybridized carbons (Fsp3) is 0.333. The van der Waals surface area contributed by atoms with Crippen molar-refractivity contribution >= 4 is 23.4 Å². The fourth-order valence-corrected chi connectivity index (χ4v) is 1.64. The normalized spacial score (nSPS) is 11.7. The van der Waals surface area contributed by atoms with Gasteiger partial charge >= 0.3 is 90.2 Å². The molecule has 1 heterocycles. The summed E-state index contributed by atoms with van der Waals surface area (Å²) in [4.78, 5) is 4.34. The Morgan fingerprint density at radius 1 is 1.27 bits per heavy atom. The first-order chi connectivity index (χ1) is 6.98. The van der Waals surface area contributed by atoms with E-state index in [2.05, 4.69) is 44.0 Å². The zero-order valence-electron chi connectivity index (χ0n) is 9.41. The number of rotatable bonds is 0. The molecule has 1 aromatic heterocycles. The minimum atomic E-state index is 0.153. The Morgan fingerprint density at radius 2 is 2.00 bits per heavy atom. The third-order valence-electron chi connectivity index (χ3n) is 2.64. The van der Waals surface area contributed by atoms with Gasteiger partial charge in [0.2, 0.25) is 0 Å². The molecule has 2 rings (SSSR count). The molecule has 0 aliphatic heterocycles. The van der Waals surface area contributed by atoms with Gasteiger partial charge in [0.15, 0.2) is 0 Å². The van der Waals surface area contributed by atoms with Crippen molar-refractivity contribution in [2.24, 2.45) is 0 Å². The predicted octanol–water partition coefficient (Wildman–Crippen LogP) is 2.45. The van der Waals surface area contributed by atoms with Gasteiger partial charge in [0.05, 0.1) is 0 Å². The summed E-state index contributed by atoms with van der Waals surface area (Å²) in [6.45, 7) is 8.42. The molecule has 2 aromatic rings. The molecule has 0 saturated heterocycles. The van der Waals surface area contributed by atoms with Gasteiger partial charge in [-0.25, -0.2) is 0 Å². The van der Waals surface area contributed by atoms with Crippen molar-refractivity contribution in [1.29, 1.82) is 0 Å². The van der Waals surface area contributed by atoms with Crippen LogP contribution in [0.4, 0.5) is 5.58 Å². The second-order valence-electron chi connectivity index (χ2n) is 4.88. The van der Waals surface area contributed by atoms with Gasteiger partial charge in [-0.2, -0.15) is 0 Å². The van der Waals surface area contributed by atoms with E-state index in [1.54, 1.807) is 6.09 Å². The number of nitrogens with two attached hydrogens (primary N) is 1. The Bertz CT molecular complexity index is 500. The van der Waals surface area contributed by atoms with Gasteiger partial charge in [-0.05, 0) is 0 Å². The molecule has 0 atom stereocenters. The van der Waals surface area contributed by atoms with Crippen LogP contribution >= 0.6 is 0 Å². The Morgan fingerprint density at radius 3 is 2.67 bits per heavy atom. The number of nitrogens with zero attached hydrogens (tertiary/aromatic N) is 1. The number of nitrogen functional groups attached to an aromatic ring is 1. The maximum atomic E-state index is 5.88. The predicted molar refractivity (Wildman–Crippen MR) is 66.2 cm³/mol. The topological polar surface area (TPSA) is 38.9 Å². The fourth-order valence-electron chi connectivity index (χ4n) is 1.64. The van der Waals surface area contributed by atoms with Gasteiger partial charge < -0.3 is 0 Å². The monoisotopic (exact) mass is 198 g/mol. The van der Waals surface area contributed by atoms with Crippen LogP contribution in [0.5, 0.6) is 0 Å². The van der Waals surface area contributed by atoms with E-state index >= 15 is 0 Å². The van der Waals surface area contributed by atoms with Crippen LogP contribution in [0.2, 0.25) is 0 Å². The quantitative estimate of drug-likeness (QED) is 0.706. The number of fused-ring (bicyclic) bond motifs is 1. The number of hydrogen-bond acceptors (Lipinski definition) is 2. The molecule has 1 aromatic carbocycles. The van der Waals surface area contributed by atoms with Crippen LogP contribution in [0.25, 0.3) is 10.9 Å². The van der Waals surface area contributed by atoms with E-state index in [4.69, 9.17) is 5.73 Å². The number of aromatic nitrogens is 1. The van der Waals surface area contributed by atoms with Crippen molar-refractivity contribution in [2.45, 2.75) is 26.2 Å². The summed E-state index contributed by atoms with van der Waals surface area (Å²) in [5.41, 5.74) is 9.08. The van der Waals surface area contributed by atoms with E-state index in [1.165, 1.54) is 5.56 Å². The van der Waals surface area contributed by atoms with Crippen molar-refractivity contribution < 1.29 is 0 Å². The van der Waals surface area contributed by atoms with Crippen molar-refractivity contribution in [1.82, 2.24) is 4.98 Å². The SMILES string of the molecule is CC(C)(C)c1ccc2c(N)bcnc2c1. The molecule has 0 aliphatic carbocycles. The molecule has 0 spiro atoms. The molecular weight excluding hydrogens is 183 g/mol. The Labute approximate surface area is 90.7 Å². The summed E-state index contributed by atoms with van der Waals surface area (Å²) in [6, 6.07) is 6.30. The number of hydrogen-bond donors (Lipinski definition) is 1. The Balaban J connectivity index is 2.68. The molecule has 0 amide bonds. The van der Waals surface area contributed by atoms with Crippen LogP contribution < -0.4 is 5.73 Å². The van der Waals surface area contributed by atoms with Gasteiger partial charge in [-0.15, -0.1) is 0 Å². The van der Waals surface area contributed by atoms with E-state index < -0.39 is 0 Å². The van der Waals surface area contributed by atoms with Crippen LogP contribution in [0.15, 0.2) is 24.3 Å². The minimum absolute atomic E-state index is 0.153. The molecule has 2 N–H and O–H groups in total. The summed E-state index contributed by atoms with van der Waals surface area (Å²) < 4.78 is 0. The molecule has 0 saturated carbocycles. The molecule has 0 fully saturated rings. The molecule has 0 radical (unpaired) electrons. The zero-order valence-corrected chi connectivity index (χ0v) is 9.41. The average Bonchev–Trinajstić information content (AvgIpc) is 2.16. The molecule has 0 unspecified atom stereocenters. The van der Waals surface area contributed by atoms with E-state index in [-0.39, 0.29) is 5.41 Å². The number of anilines is 1. The standard InChI is InChI=1S/C12H15BN2/c1-12(2,3)8-4-5-9-10(6-8)15-7-13-11(9)14/h4-7H,14H2,1-3H3. The Kier molecular flexibility index (Phi) is 2.26.